The number of rotatable bonds is 51. The summed E-state index contributed by atoms with van der Waals surface area (Å²) in [4.78, 5) is 26.2. The lowest BCUT2D eigenvalue weighted by molar-refractivity contribution is -0.151. The Kier molecular flexibility index (Phi) is 50.0. The normalized spacial score (nSPS) is 13.3. The van der Waals surface area contributed by atoms with Crippen molar-refractivity contribution in [2.24, 2.45) is 0 Å². The van der Waals surface area contributed by atoms with E-state index in [0.717, 1.165) is 64.2 Å². The van der Waals surface area contributed by atoms with Crippen LogP contribution in [0.3, 0.4) is 0 Å². The topological polar surface area (TPSA) is 95.9 Å². The Balaban J connectivity index is 4.51. The predicted octanol–water partition coefficient (Wildman–Crippen LogP) is 17.1. The Morgan fingerprint density at radius 1 is 0.444 bits per heavy atom. The summed E-state index contributed by atoms with van der Waals surface area (Å²) >= 11 is 0. The van der Waals surface area contributed by atoms with Gasteiger partial charge in [-0.1, -0.05) is 238 Å². The second kappa shape index (κ2) is 51.3. The fourth-order valence-electron chi connectivity index (χ4n) is 8.72. The largest absolute Gasteiger partial charge is 0.462 e. The van der Waals surface area contributed by atoms with Crippen LogP contribution >= 0.6 is 0 Å². The molecule has 3 N–H and O–H groups in total. The smallest absolute Gasteiger partial charge is 0.306 e. The number of aliphatic hydroxyl groups excluding tert-OH is 2. The highest BCUT2D eigenvalue weighted by molar-refractivity contribution is 5.77. The van der Waals surface area contributed by atoms with E-state index in [-0.39, 0.29) is 24.9 Å². The van der Waals surface area contributed by atoms with Crippen LogP contribution in [-0.4, -0.2) is 46.9 Å². The molecule has 0 bridgehead atoms. The molecule has 0 rings (SSSR count). The lowest BCUT2D eigenvalue weighted by Gasteiger charge is -2.24. The van der Waals surface area contributed by atoms with E-state index in [0.29, 0.717) is 19.3 Å². The van der Waals surface area contributed by atoms with Gasteiger partial charge in [-0.05, 0) is 77.0 Å². The molecule has 0 aromatic carbocycles. The number of aliphatic hydroxyl groups is 2. The van der Waals surface area contributed by atoms with E-state index >= 15 is 0 Å². The number of carbonyl (C=O) groups excluding carboxylic acids is 2. The van der Waals surface area contributed by atoms with Crippen LogP contribution in [0.4, 0.5) is 0 Å². The van der Waals surface area contributed by atoms with Gasteiger partial charge in [0.2, 0.25) is 5.91 Å². The summed E-state index contributed by atoms with van der Waals surface area (Å²) in [5.41, 5.74) is 0. The minimum Gasteiger partial charge on any atom is -0.462 e. The van der Waals surface area contributed by atoms with Crippen molar-refractivity contribution >= 4 is 11.9 Å². The third kappa shape index (κ3) is 46.7. The van der Waals surface area contributed by atoms with Crippen LogP contribution in [0, 0.1) is 0 Å². The summed E-state index contributed by atoms with van der Waals surface area (Å²) in [6.07, 6.45) is 59.6. The van der Waals surface area contributed by atoms with Crippen molar-refractivity contribution in [3.8, 4) is 0 Å². The van der Waals surface area contributed by atoms with Gasteiger partial charge in [0.05, 0.1) is 25.2 Å². The highest BCUT2D eigenvalue weighted by Crippen LogP contribution is 2.18. The Labute approximate surface area is 392 Å². The SMILES string of the molecule is CCCCCCCC/C=C/CCCCCCCCCCCC(=O)OC(CCCCCCC/C=C/CCCCCCCC)CC(=O)NC(CO)C(O)CCCCCCCCCCCC. The molecule has 63 heavy (non-hydrogen) atoms. The fourth-order valence-corrected chi connectivity index (χ4v) is 8.72. The molecule has 372 valence electrons. The summed E-state index contributed by atoms with van der Waals surface area (Å²) in [5, 5.41) is 23.8. The first-order valence-corrected chi connectivity index (χ1v) is 28.1. The molecule has 0 aliphatic heterocycles. The molecule has 1 amide bonds. The van der Waals surface area contributed by atoms with Gasteiger partial charge in [-0.25, -0.2) is 0 Å². The van der Waals surface area contributed by atoms with Crippen molar-refractivity contribution in [2.45, 2.75) is 322 Å². The maximum absolute atomic E-state index is 13.2. The van der Waals surface area contributed by atoms with Gasteiger partial charge in [-0.15, -0.1) is 0 Å². The molecule has 3 unspecified atom stereocenters. The van der Waals surface area contributed by atoms with Crippen LogP contribution in [-0.2, 0) is 14.3 Å². The van der Waals surface area contributed by atoms with E-state index in [4.69, 9.17) is 4.74 Å². The molecule has 0 spiro atoms. The molecule has 0 aromatic heterocycles. The van der Waals surface area contributed by atoms with Crippen molar-refractivity contribution < 1.29 is 24.5 Å². The second-order valence-corrected chi connectivity index (χ2v) is 19.3. The van der Waals surface area contributed by atoms with Crippen LogP contribution < -0.4 is 5.32 Å². The molecule has 3 atom stereocenters. The lowest BCUT2D eigenvalue weighted by atomic mass is 10.0. The number of ether oxygens (including phenoxy) is 1. The van der Waals surface area contributed by atoms with Gasteiger partial charge in [0, 0.05) is 6.42 Å². The third-order valence-electron chi connectivity index (χ3n) is 13.0. The molecular weight excluding hydrogens is 779 g/mol. The number of unbranched alkanes of at least 4 members (excludes halogenated alkanes) is 35. The molecule has 6 heteroatoms. The maximum atomic E-state index is 13.2. The van der Waals surface area contributed by atoms with Gasteiger partial charge in [0.1, 0.15) is 6.10 Å². The van der Waals surface area contributed by atoms with Crippen LogP contribution in [0.2, 0.25) is 0 Å². The van der Waals surface area contributed by atoms with Gasteiger partial charge in [0.25, 0.3) is 0 Å². The second-order valence-electron chi connectivity index (χ2n) is 19.3. The first kappa shape index (κ1) is 61.3. The number of hydrogen-bond acceptors (Lipinski definition) is 5. The van der Waals surface area contributed by atoms with Gasteiger partial charge in [-0.2, -0.15) is 0 Å². The molecule has 0 radical (unpaired) electrons. The number of esters is 1. The van der Waals surface area contributed by atoms with E-state index in [1.165, 1.54) is 193 Å². The molecule has 0 fully saturated rings. The Morgan fingerprint density at radius 3 is 1.13 bits per heavy atom. The van der Waals surface area contributed by atoms with Gasteiger partial charge in [-0.3, -0.25) is 9.59 Å². The lowest BCUT2D eigenvalue weighted by Crippen LogP contribution is -2.46. The quantitative estimate of drug-likeness (QED) is 0.0321. The van der Waals surface area contributed by atoms with Crippen LogP contribution in [0.1, 0.15) is 303 Å². The Bertz CT molecular complexity index is 997. The minimum atomic E-state index is -0.786. The van der Waals surface area contributed by atoms with Crippen LogP contribution in [0.25, 0.3) is 0 Å². The minimum absolute atomic E-state index is 0.0755. The fraction of sp³-hybridized carbons (Fsp3) is 0.895. The Morgan fingerprint density at radius 2 is 0.762 bits per heavy atom. The van der Waals surface area contributed by atoms with E-state index in [1.54, 1.807) is 0 Å². The van der Waals surface area contributed by atoms with E-state index in [1.807, 2.05) is 0 Å². The van der Waals surface area contributed by atoms with Crippen molar-refractivity contribution in [1.29, 1.82) is 0 Å². The molecule has 0 aromatic rings. The summed E-state index contributed by atoms with van der Waals surface area (Å²) in [7, 11) is 0. The maximum Gasteiger partial charge on any atom is 0.306 e. The predicted molar refractivity (Wildman–Crippen MR) is 273 cm³/mol. The van der Waals surface area contributed by atoms with E-state index in [9.17, 15) is 19.8 Å². The van der Waals surface area contributed by atoms with E-state index < -0.39 is 18.2 Å². The van der Waals surface area contributed by atoms with Gasteiger partial charge < -0.3 is 20.3 Å². The summed E-state index contributed by atoms with van der Waals surface area (Å²) in [5.74, 6) is -0.469. The standard InChI is InChI=1S/C57H109NO5/c1-4-7-10-13-16-19-22-24-26-27-28-29-31-33-35-38-41-44-47-50-57(62)63-53(48-45-42-39-36-34-32-30-25-23-20-17-14-11-8-5-2)51-56(61)58-54(52-59)55(60)49-46-43-40-37-21-18-15-12-9-6-3/h24-26,30,53-55,59-60H,4-23,27-29,31-52H2,1-3H3,(H,58,61)/b26-24+,30-25+. The number of hydrogen-bond donors (Lipinski definition) is 3. The zero-order chi connectivity index (χ0) is 45.9. The third-order valence-corrected chi connectivity index (χ3v) is 13.0. The number of amides is 1. The highest BCUT2D eigenvalue weighted by atomic mass is 16.5. The zero-order valence-electron chi connectivity index (χ0n) is 42.5. The number of nitrogens with one attached hydrogen (secondary N) is 1. The highest BCUT2D eigenvalue weighted by Gasteiger charge is 2.24. The van der Waals surface area contributed by atoms with Crippen molar-refractivity contribution in [1.82, 2.24) is 5.32 Å². The average molecular weight is 889 g/mol. The summed E-state index contributed by atoms with van der Waals surface area (Å²) in [6.45, 7) is 6.49. The van der Waals surface area contributed by atoms with Crippen molar-refractivity contribution in [2.75, 3.05) is 6.61 Å². The number of carbonyl (C=O) groups is 2. The van der Waals surface area contributed by atoms with Gasteiger partial charge in [0.15, 0.2) is 0 Å². The van der Waals surface area contributed by atoms with Gasteiger partial charge >= 0.3 is 5.97 Å². The molecule has 6 nitrogen and oxygen atoms in total. The average Bonchev–Trinajstić information content (AvgIpc) is 3.28. The number of allylic oxidation sites excluding steroid dienone is 4. The molecule has 0 aliphatic carbocycles. The van der Waals surface area contributed by atoms with Crippen LogP contribution in [0.15, 0.2) is 24.3 Å². The molecule has 0 aliphatic rings. The Hall–Kier alpha value is -1.66. The molecular formula is C57H109NO5. The van der Waals surface area contributed by atoms with Crippen molar-refractivity contribution in [3.63, 3.8) is 0 Å². The molecule has 0 saturated carbocycles. The van der Waals surface area contributed by atoms with Crippen molar-refractivity contribution in [3.05, 3.63) is 24.3 Å². The monoisotopic (exact) mass is 888 g/mol. The zero-order valence-corrected chi connectivity index (χ0v) is 42.5. The summed E-state index contributed by atoms with van der Waals surface area (Å²) in [6, 6.07) is -0.700. The summed E-state index contributed by atoms with van der Waals surface area (Å²) < 4.78 is 5.95. The van der Waals surface area contributed by atoms with E-state index in [2.05, 4.69) is 50.4 Å². The molecule has 0 heterocycles. The van der Waals surface area contributed by atoms with Crippen LogP contribution in [0.5, 0.6) is 0 Å². The first-order valence-electron chi connectivity index (χ1n) is 28.1. The first-order chi connectivity index (χ1) is 31.0. The molecule has 0 saturated heterocycles.